The highest BCUT2D eigenvalue weighted by atomic mass is 19.4. The van der Waals surface area contributed by atoms with Crippen LogP contribution in [0.5, 0.6) is 0 Å². The van der Waals surface area contributed by atoms with Crippen molar-refractivity contribution < 1.29 is 18.0 Å². The minimum absolute atomic E-state index is 0.0566. The summed E-state index contributed by atoms with van der Waals surface area (Å²) in [6.07, 6.45) is -2.34. The molecule has 0 bridgehead atoms. The van der Waals surface area contributed by atoms with Gasteiger partial charge in [-0.1, -0.05) is 0 Å². The number of rotatable bonds is 2. The zero-order valence-electron chi connectivity index (χ0n) is 10.1. The normalized spacial score (nSPS) is 11.9. The van der Waals surface area contributed by atoms with Crippen molar-refractivity contribution in [3.05, 3.63) is 29.1 Å². The van der Waals surface area contributed by atoms with Gasteiger partial charge in [-0.15, -0.1) is 0 Å². The molecule has 0 aromatic carbocycles. The molecule has 1 rings (SSSR count). The molecular formula is C11H12F3N3O. The molecule has 0 atom stereocenters. The van der Waals surface area contributed by atoms with Crippen LogP contribution in [0.3, 0.4) is 0 Å². The van der Waals surface area contributed by atoms with Gasteiger partial charge in [0.05, 0.1) is 11.9 Å². The van der Waals surface area contributed by atoms with Crippen LogP contribution >= 0.6 is 0 Å². The van der Waals surface area contributed by atoms with E-state index in [1.54, 1.807) is 19.0 Å². The molecule has 0 aliphatic carbocycles. The van der Waals surface area contributed by atoms with Crippen LogP contribution in [0.2, 0.25) is 0 Å². The van der Waals surface area contributed by atoms with E-state index >= 15 is 0 Å². The van der Waals surface area contributed by atoms with E-state index in [1.807, 2.05) is 0 Å². The summed E-state index contributed by atoms with van der Waals surface area (Å²) < 4.78 is 37.1. The van der Waals surface area contributed by atoms with Crippen LogP contribution in [0.4, 0.5) is 13.2 Å². The summed E-state index contributed by atoms with van der Waals surface area (Å²) in [7, 11) is 3.35. The molecule has 0 saturated carbocycles. The Bertz CT molecular complexity index is 481. The molecule has 1 aromatic heterocycles. The van der Waals surface area contributed by atoms with Crippen LogP contribution in [-0.2, 0) is 6.18 Å². The van der Waals surface area contributed by atoms with Crippen LogP contribution in [0, 0.1) is 6.92 Å². The number of aryl methyl sites for hydroxylation is 1. The van der Waals surface area contributed by atoms with Crippen molar-refractivity contribution in [2.75, 3.05) is 14.1 Å². The van der Waals surface area contributed by atoms with Gasteiger partial charge < -0.3 is 4.90 Å². The molecule has 0 aliphatic heterocycles. The number of aromatic nitrogens is 1. The molecule has 98 valence electrons. The Morgan fingerprint density at radius 1 is 1.44 bits per heavy atom. The monoisotopic (exact) mass is 259 g/mol. The van der Waals surface area contributed by atoms with Crippen molar-refractivity contribution in [2.45, 2.75) is 13.1 Å². The molecule has 0 aliphatic rings. The SMILES string of the molecule is Cc1cc(C(F)(F)F)ncc1C(=O)N=CN(C)C. The number of halogens is 3. The first-order chi connectivity index (χ1) is 8.21. The zero-order valence-corrected chi connectivity index (χ0v) is 10.1. The molecule has 7 heteroatoms. The third-order valence-corrected chi connectivity index (χ3v) is 2.04. The molecule has 4 nitrogen and oxygen atoms in total. The summed E-state index contributed by atoms with van der Waals surface area (Å²) in [6.45, 7) is 1.41. The van der Waals surface area contributed by atoms with Gasteiger partial charge in [-0.3, -0.25) is 9.78 Å². The quantitative estimate of drug-likeness (QED) is 0.603. The minimum atomic E-state index is -4.51. The summed E-state index contributed by atoms with van der Waals surface area (Å²) >= 11 is 0. The lowest BCUT2D eigenvalue weighted by molar-refractivity contribution is -0.141. The fraction of sp³-hybridized carbons (Fsp3) is 0.364. The maximum Gasteiger partial charge on any atom is 0.433 e. The number of carbonyl (C=O) groups excluding carboxylic acids is 1. The topological polar surface area (TPSA) is 45.6 Å². The molecule has 0 unspecified atom stereocenters. The van der Waals surface area contributed by atoms with E-state index in [0.717, 1.165) is 12.3 Å². The highest BCUT2D eigenvalue weighted by Crippen LogP contribution is 2.28. The fourth-order valence-electron chi connectivity index (χ4n) is 1.17. The van der Waals surface area contributed by atoms with Gasteiger partial charge in [-0.2, -0.15) is 18.2 Å². The molecule has 0 fully saturated rings. The highest BCUT2D eigenvalue weighted by Gasteiger charge is 2.32. The zero-order chi connectivity index (χ0) is 13.9. The number of amides is 1. The highest BCUT2D eigenvalue weighted by molar-refractivity contribution is 5.99. The van der Waals surface area contributed by atoms with Crippen molar-refractivity contribution in [3.8, 4) is 0 Å². The Hall–Kier alpha value is -1.92. The van der Waals surface area contributed by atoms with E-state index < -0.39 is 17.8 Å². The lowest BCUT2D eigenvalue weighted by Gasteiger charge is -2.08. The predicted octanol–water partition coefficient (Wildman–Crippen LogP) is 2.14. The summed E-state index contributed by atoms with van der Waals surface area (Å²) in [4.78, 5) is 19.9. The van der Waals surface area contributed by atoms with Crippen molar-refractivity contribution in [3.63, 3.8) is 0 Å². The van der Waals surface area contributed by atoms with Gasteiger partial charge in [-0.05, 0) is 18.6 Å². The molecule has 0 N–H and O–H groups in total. The second-order valence-electron chi connectivity index (χ2n) is 3.90. The maximum absolute atomic E-state index is 12.4. The van der Waals surface area contributed by atoms with Crippen molar-refractivity contribution >= 4 is 12.2 Å². The predicted molar refractivity (Wildman–Crippen MR) is 60.5 cm³/mol. The first-order valence-corrected chi connectivity index (χ1v) is 5.00. The van der Waals surface area contributed by atoms with Crippen molar-refractivity contribution in [1.29, 1.82) is 0 Å². The standard InChI is InChI=1S/C11H12F3N3O/c1-7-4-9(11(12,13)14)15-5-8(7)10(18)16-6-17(2)3/h4-6H,1-3H3. The van der Waals surface area contributed by atoms with Gasteiger partial charge in [0.25, 0.3) is 5.91 Å². The van der Waals surface area contributed by atoms with E-state index in [1.165, 1.54) is 13.3 Å². The largest absolute Gasteiger partial charge is 0.433 e. The molecule has 1 amide bonds. The molecular weight excluding hydrogens is 247 g/mol. The number of carbonyl (C=O) groups is 1. The maximum atomic E-state index is 12.4. The van der Waals surface area contributed by atoms with Gasteiger partial charge in [0.2, 0.25) is 0 Å². The molecule has 0 radical (unpaired) electrons. The Morgan fingerprint density at radius 2 is 2.06 bits per heavy atom. The van der Waals surface area contributed by atoms with Gasteiger partial charge in [0.1, 0.15) is 5.69 Å². The smallest absolute Gasteiger partial charge is 0.369 e. The number of hydrogen-bond donors (Lipinski definition) is 0. The van der Waals surface area contributed by atoms with E-state index in [-0.39, 0.29) is 11.1 Å². The lowest BCUT2D eigenvalue weighted by Crippen LogP contribution is -2.12. The summed E-state index contributed by atoms with van der Waals surface area (Å²) in [5, 5.41) is 0. The number of aliphatic imine (C=N–C) groups is 1. The van der Waals surface area contributed by atoms with Crippen molar-refractivity contribution in [1.82, 2.24) is 9.88 Å². The van der Waals surface area contributed by atoms with Gasteiger partial charge in [0, 0.05) is 20.3 Å². The average Bonchev–Trinajstić information content (AvgIpc) is 2.24. The number of nitrogens with zero attached hydrogens (tertiary/aromatic N) is 3. The van der Waals surface area contributed by atoms with Crippen LogP contribution in [0.15, 0.2) is 17.3 Å². The van der Waals surface area contributed by atoms with Crippen molar-refractivity contribution in [2.24, 2.45) is 4.99 Å². The van der Waals surface area contributed by atoms with E-state index in [9.17, 15) is 18.0 Å². The Balaban J connectivity index is 3.03. The van der Waals surface area contributed by atoms with Crippen LogP contribution < -0.4 is 0 Å². The Morgan fingerprint density at radius 3 is 2.50 bits per heavy atom. The summed E-state index contributed by atoms with van der Waals surface area (Å²) in [5.74, 6) is -0.623. The van der Waals surface area contributed by atoms with Gasteiger partial charge >= 0.3 is 6.18 Å². The second-order valence-corrected chi connectivity index (χ2v) is 3.90. The summed E-state index contributed by atoms with van der Waals surface area (Å²) in [5.41, 5.74) is -0.771. The third kappa shape index (κ3) is 3.54. The van der Waals surface area contributed by atoms with Gasteiger partial charge in [-0.25, -0.2) is 0 Å². The number of hydrogen-bond acceptors (Lipinski definition) is 2. The van der Waals surface area contributed by atoms with Gasteiger partial charge in [0.15, 0.2) is 0 Å². The average molecular weight is 259 g/mol. The van der Waals surface area contributed by atoms with E-state index in [4.69, 9.17) is 0 Å². The molecule has 1 heterocycles. The number of alkyl halides is 3. The van der Waals surface area contributed by atoms with E-state index in [0.29, 0.717) is 0 Å². The van der Waals surface area contributed by atoms with Crippen LogP contribution in [-0.4, -0.2) is 36.2 Å². The molecule has 0 saturated heterocycles. The fourth-order valence-corrected chi connectivity index (χ4v) is 1.17. The molecule has 1 aromatic rings. The first kappa shape index (κ1) is 14.1. The third-order valence-electron chi connectivity index (χ3n) is 2.04. The number of pyridine rings is 1. The summed E-state index contributed by atoms with van der Waals surface area (Å²) in [6, 6.07) is 0.832. The van der Waals surface area contributed by atoms with E-state index in [2.05, 4.69) is 9.98 Å². The molecule has 18 heavy (non-hydrogen) atoms. The Labute approximate surface area is 102 Å². The molecule has 0 spiro atoms. The van der Waals surface area contributed by atoms with Crippen LogP contribution in [0.25, 0.3) is 0 Å². The Kier molecular flexibility index (Phi) is 4.05. The van der Waals surface area contributed by atoms with Crippen LogP contribution in [0.1, 0.15) is 21.6 Å². The second kappa shape index (κ2) is 5.16. The minimum Gasteiger partial charge on any atom is -0.369 e. The first-order valence-electron chi connectivity index (χ1n) is 5.00. The lowest BCUT2D eigenvalue weighted by atomic mass is 10.1.